The van der Waals surface area contributed by atoms with Crippen molar-refractivity contribution in [3.63, 3.8) is 0 Å². The minimum atomic E-state index is -0.508. The topological polar surface area (TPSA) is 55.8 Å². The molecule has 2 aromatic carbocycles. The molecule has 5 nitrogen and oxygen atoms in total. The van der Waals surface area contributed by atoms with E-state index in [1.54, 1.807) is 31.2 Å². The Labute approximate surface area is 167 Å². The van der Waals surface area contributed by atoms with Crippen LogP contribution in [0, 0.1) is 0 Å². The molecule has 27 heavy (non-hydrogen) atoms. The lowest BCUT2D eigenvalue weighted by Crippen LogP contribution is -2.48. The van der Waals surface area contributed by atoms with E-state index in [1.807, 2.05) is 24.3 Å². The Balaban J connectivity index is 2.02. The van der Waals surface area contributed by atoms with Gasteiger partial charge in [-0.2, -0.15) is 0 Å². The van der Waals surface area contributed by atoms with Crippen LogP contribution in [0.3, 0.4) is 0 Å². The molecule has 1 saturated heterocycles. The second kappa shape index (κ2) is 8.74. The monoisotopic (exact) mass is 407 g/mol. The van der Waals surface area contributed by atoms with Crippen LogP contribution in [0.1, 0.15) is 30.2 Å². The number of carbonyl (C=O) groups excluding carboxylic acids is 2. The number of rotatable bonds is 5. The van der Waals surface area contributed by atoms with E-state index in [0.717, 1.165) is 11.1 Å². The SMILES string of the molecule is CCOC(=O)CN1C(=O)COC(c2cccc(Cl)c2)[C@H]1c1ccc(Cl)cc1. The van der Waals surface area contributed by atoms with Crippen LogP contribution in [0.25, 0.3) is 0 Å². The summed E-state index contributed by atoms with van der Waals surface area (Å²) in [4.78, 5) is 26.2. The molecule has 0 N–H and O–H groups in total. The van der Waals surface area contributed by atoms with Crippen molar-refractivity contribution in [2.24, 2.45) is 0 Å². The van der Waals surface area contributed by atoms with Gasteiger partial charge >= 0.3 is 5.97 Å². The molecule has 0 aliphatic carbocycles. The van der Waals surface area contributed by atoms with Gasteiger partial charge in [-0.25, -0.2) is 0 Å². The summed E-state index contributed by atoms with van der Waals surface area (Å²) in [6, 6.07) is 13.9. The molecule has 142 valence electrons. The third kappa shape index (κ3) is 4.61. The number of carbonyl (C=O) groups is 2. The molecule has 0 aromatic heterocycles. The zero-order valence-electron chi connectivity index (χ0n) is 14.7. The molecular formula is C20H19Cl2NO4. The fourth-order valence-electron chi connectivity index (χ4n) is 3.16. The van der Waals surface area contributed by atoms with Gasteiger partial charge in [-0.15, -0.1) is 0 Å². The predicted octanol–water partition coefficient (Wildman–Crippen LogP) is 4.20. The lowest BCUT2D eigenvalue weighted by molar-refractivity contribution is -0.166. The molecule has 7 heteroatoms. The van der Waals surface area contributed by atoms with Crippen molar-refractivity contribution in [1.82, 2.24) is 4.90 Å². The zero-order chi connectivity index (χ0) is 19.4. The van der Waals surface area contributed by atoms with Crippen LogP contribution in [0.2, 0.25) is 10.0 Å². The van der Waals surface area contributed by atoms with Crippen molar-refractivity contribution in [3.8, 4) is 0 Å². The molecular weight excluding hydrogens is 389 g/mol. The van der Waals surface area contributed by atoms with Crippen molar-refractivity contribution in [1.29, 1.82) is 0 Å². The molecule has 0 bridgehead atoms. The summed E-state index contributed by atoms with van der Waals surface area (Å²) in [7, 11) is 0. The number of morpholine rings is 1. The van der Waals surface area contributed by atoms with Gasteiger partial charge in [0.1, 0.15) is 19.3 Å². The van der Waals surface area contributed by atoms with Gasteiger partial charge in [-0.05, 0) is 42.3 Å². The van der Waals surface area contributed by atoms with Crippen molar-refractivity contribution in [3.05, 3.63) is 69.7 Å². The van der Waals surface area contributed by atoms with Crippen LogP contribution >= 0.6 is 23.2 Å². The van der Waals surface area contributed by atoms with Crippen LogP contribution in [-0.2, 0) is 19.1 Å². The molecule has 2 aromatic rings. The quantitative estimate of drug-likeness (QED) is 0.696. The molecule has 1 amide bonds. The minimum Gasteiger partial charge on any atom is -0.465 e. The number of ether oxygens (including phenoxy) is 2. The van der Waals surface area contributed by atoms with Gasteiger partial charge in [0.25, 0.3) is 0 Å². The summed E-state index contributed by atoms with van der Waals surface area (Å²) in [6.07, 6.45) is -0.475. The number of hydrogen-bond acceptors (Lipinski definition) is 4. The van der Waals surface area contributed by atoms with E-state index in [1.165, 1.54) is 4.90 Å². The Morgan fingerprint density at radius 1 is 1.15 bits per heavy atom. The zero-order valence-corrected chi connectivity index (χ0v) is 16.2. The number of hydrogen-bond donors (Lipinski definition) is 0. The molecule has 1 aliphatic heterocycles. The van der Waals surface area contributed by atoms with Crippen LogP contribution in [0.5, 0.6) is 0 Å². The Hall–Kier alpha value is -2.08. The Bertz CT molecular complexity index is 825. The van der Waals surface area contributed by atoms with E-state index < -0.39 is 18.1 Å². The molecule has 0 saturated carbocycles. The van der Waals surface area contributed by atoms with Gasteiger partial charge in [-0.3, -0.25) is 9.59 Å². The van der Waals surface area contributed by atoms with Gasteiger partial charge in [0.15, 0.2) is 0 Å². The Morgan fingerprint density at radius 3 is 2.56 bits per heavy atom. The molecule has 0 spiro atoms. The van der Waals surface area contributed by atoms with Gasteiger partial charge in [0, 0.05) is 10.0 Å². The molecule has 1 fully saturated rings. The first kappa shape index (κ1) is 19.7. The van der Waals surface area contributed by atoms with Crippen molar-refractivity contribution >= 4 is 35.1 Å². The van der Waals surface area contributed by atoms with Crippen LogP contribution in [-0.4, -0.2) is 36.5 Å². The van der Waals surface area contributed by atoms with Crippen molar-refractivity contribution < 1.29 is 19.1 Å². The fraction of sp³-hybridized carbons (Fsp3) is 0.300. The molecule has 3 rings (SSSR count). The van der Waals surface area contributed by atoms with E-state index in [9.17, 15) is 9.59 Å². The van der Waals surface area contributed by atoms with Gasteiger partial charge in [0.05, 0.1) is 12.6 Å². The predicted molar refractivity (Wildman–Crippen MR) is 103 cm³/mol. The minimum absolute atomic E-state index is 0.124. The number of esters is 1. The van der Waals surface area contributed by atoms with Gasteiger partial charge < -0.3 is 14.4 Å². The van der Waals surface area contributed by atoms with E-state index in [2.05, 4.69) is 0 Å². The smallest absolute Gasteiger partial charge is 0.325 e. The van der Waals surface area contributed by atoms with E-state index >= 15 is 0 Å². The average Bonchev–Trinajstić information content (AvgIpc) is 2.64. The normalized spacial score (nSPS) is 19.8. The molecule has 1 aliphatic rings. The van der Waals surface area contributed by atoms with E-state index in [0.29, 0.717) is 10.0 Å². The van der Waals surface area contributed by atoms with Crippen LogP contribution < -0.4 is 0 Å². The summed E-state index contributed by atoms with van der Waals surface area (Å²) in [5, 5.41) is 1.15. The lowest BCUT2D eigenvalue weighted by atomic mass is 9.92. The molecule has 1 heterocycles. The Kier molecular flexibility index (Phi) is 6.37. The number of nitrogens with zero attached hydrogens (tertiary/aromatic N) is 1. The maximum absolute atomic E-state index is 12.6. The highest BCUT2D eigenvalue weighted by molar-refractivity contribution is 6.30. The van der Waals surface area contributed by atoms with E-state index in [4.69, 9.17) is 32.7 Å². The number of benzene rings is 2. The summed E-state index contributed by atoms with van der Waals surface area (Å²) in [5.74, 6) is -0.738. The lowest BCUT2D eigenvalue weighted by Gasteiger charge is -2.41. The van der Waals surface area contributed by atoms with Crippen LogP contribution in [0.4, 0.5) is 0 Å². The summed E-state index contributed by atoms with van der Waals surface area (Å²) >= 11 is 12.2. The third-order valence-corrected chi connectivity index (χ3v) is 4.81. The summed E-state index contributed by atoms with van der Waals surface area (Å²) < 4.78 is 10.9. The van der Waals surface area contributed by atoms with Crippen molar-refractivity contribution in [2.45, 2.75) is 19.1 Å². The highest BCUT2D eigenvalue weighted by Gasteiger charge is 2.39. The maximum Gasteiger partial charge on any atom is 0.325 e. The van der Waals surface area contributed by atoms with Crippen molar-refractivity contribution in [2.75, 3.05) is 19.8 Å². The standard InChI is InChI=1S/C20H19Cl2NO4/c1-2-26-18(25)11-23-17(24)12-27-20(14-4-3-5-16(22)10-14)19(23)13-6-8-15(21)9-7-13/h3-10,19-20H,2,11-12H2,1H3/t19-,20?/m1/s1. The van der Waals surface area contributed by atoms with Gasteiger partial charge in [0.2, 0.25) is 5.91 Å². The number of halogens is 2. The second-order valence-corrected chi connectivity index (χ2v) is 6.98. The first-order valence-corrected chi connectivity index (χ1v) is 9.32. The highest BCUT2D eigenvalue weighted by Crippen LogP contribution is 2.40. The fourth-order valence-corrected chi connectivity index (χ4v) is 3.49. The third-order valence-electron chi connectivity index (χ3n) is 4.32. The van der Waals surface area contributed by atoms with E-state index in [-0.39, 0.29) is 25.7 Å². The largest absolute Gasteiger partial charge is 0.465 e. The molecule has 2 atom stereocenters. The summed E-state index contributed by atoms with van der Waals surface area (Å²) in [6.45, 7) is 1.70. The van der Waals surface area contributed by atoms with Crippen LogP contribution in [0.15, 0.2) is 48.5 Å². The number of amides is 1. The summed E-state index contributed by atoms with van der Waals surface area (Å²) in [5.41, 5.74) is 1.63. The average molecular weight is 408 g/mol. The Morgan fingerprint density at radius 2 is 1.89 bits per heavy atom. The molecule has 0 radical (unpaired) electrons. The highest BCUT2D eigenvalue weighted by atomic mass is 35.5. The maximum atomic E-state index is 12.6. The first-order valence-electron chi connectivity index (χ1n) is 8.57. The second-order valence-electron chi connectivity index (χ2n) is 6.11. The molecule has 1 unspecified atom stereocenters. The first-order chi connectivity index (χ1) is 13.0. The van der Waals surface area contributed by atoms with Gasteiger partial charge in [-0.1, -0.05) is 47.5 Å².